The number of rotatable bonds is 11. The van der Waals surface area contributed by atoms with Crippen LogP contribution in [-0.4, -0.2) is 52.7 Å². The second-order valence-corrected chi connectivity index (χ2v) is 7.77. The fourth-order valence-electron chi connectivity index (χ4n) is 1.85. The first-order valence-corrected chi connectivity index (χ1v) is 9.71. The first-order valence-electron chi connectivity index (χ1n) is 7.41. The van der Waals surface area contributed by atoms with Crippen molar-refractivity contribution in [3.8, 4) is 0 Å². The summed E-state index contributed by atoms with van der Waals surface area (Å²) < 4.78 is 32.5. The Labute approximate surface area is 132 Å². The molecule has 0 aromatic carbocycles. The minimum atomic E-state index is -3.38. The Bertz CT molecular complexity index is 496. The summed E-state index contributed by atoms with van der Waals surface area (Å²) in [4.78, 5) is 3.34. The second kappa shape index (κ2) is 9.53. The molecule has 21 heavy (non-hydrogen) atoms. The van der Waals surface area contributed by atoms with Gasteiger partial charge in [0.1, 0.15) is 4.21 Å². The lowest BCUT2D eigenvalue weighted by atomic mass is 10.4. The maximum absolute atomic E-state index is 12.0. The van der Waals surface area contributed by atoms with Gasteiger partial charge in [0, 0.05) is 18.0 Å². The molecule has 0 amide bonds. The third kappa shape index (κ3) is 6.44. The predicted molar refractivity (Wildman–Crippen MR) is 87.5 cm³/mol. The lowest BCUT2D eigenvalue weighted by molar-refractivity contribution is 0.111. The average Bonchev–Trinajstić information content (AvgIpc) is 2.96. The molecule has 1 heterocycles. The van der Waals surface area contributed by atoms with Crippen molar-refractivity contribution in [2.45, 2.75) is 31.4 Å². The molecule has 7 heteroatoms. The molecule has 1 aromatic heterocycles. The number of hydrogen-bond acceptors (Lipinski definition) is 5. The summed E-state index contributed by atoms with van der Waals surface area (Å²) in [7, 11) is -3.38. The van der Waals surface area contributed by atoms with Gasteiger partial charge in [-0.05, 0) is 31.6 Å². The normalized spacial score (nSPS) is 12.2. The molecule has 1 rings (SSSR count). The first kappa shape index (κ1) is 18.6. The number of thiophene rings is 1. The molecule has 0 radical (unpaired) electrons. The molecular weight excluding hydrogens is 308 g/mol. The van der Waals surface area contributed by atoms with Gasteiger partial charge in [-0.25, -0.2) is 13.1 Å². The van der Waals surface area contributed by atoms with Gasteiger partial charge in [-0.3, -0.25) is 0 Å². The van der Waals surface area contributed by atoms with Crippen LogP contribution in [0.25, 0.3) is 0 Å². The third-order valence-electron chi connectivity index (χ3n) is 3.24. The van der Waals surface area contributed by atoms with Crippen LogP contribution in [0.5, 0.6) is 0 Å². The van der Waals surface area contributed by atoms with E-state index in [1.54, 1.807) is 6.07 Å². The molecule has 0 unspecified atom stereocenters. The predicted octanol–water partition coefficient (Wildman–Crippen LogP) is 1.95. The molecule has 1 N–H and O–H groups in total. The van der Waals surface area contributed by atoms with Crippen LogP contribution in [0.3, 0.4) is 0 Å². The fourth-order valence-corrected chi connectivity index (χ4v) is 4.20. The minimum absolute atomic E-state index is 0.305. The van der Waals surface area contributed by atoms with Gasteiger partial charge in [0.15, 0.2) is 0 Å². The zero-order valence-corrected chi connectivity index (χ0v) is 14.7. The first-order chi connectivity index (χ1) is 10.0. The topological polar surface area (TPSA) is 58.6 Å². The SMILES string of the molecule is CCc1ccc(S(=O)(=O)NCCOCCN(CC)CC)s1. The summed E-state index contributed by atoms with van der Waals surface area (Å²) >= 11 is 1.32. The van der Waals surface area contributed by atoms with E-state index in [0.717, 1.165) is 30.9 Å². The van der Waals surface area contributed by atoms with Crippen molar-refractivity contribution in [2.24, 2.45) is 0 Å². The molecule has 0 aliphatic heterocycles. The Morgan fingerprint density at radius 1 is 1.19 bits per heavy atom. The van der Waals surface area contributed by atoms with Crippen molar-refractivity contribution < 1.29 is 13.2 Å². The van der Waals surface area contributed by atoms with E-state index in [-0.39, 0.29) is 0 Å². The van der Waals surface area contributed by atoms with Gasteiger partial charge in [0.2, 0.25) is 10.0 Å². The molecule has 0 aliphatic carbocycles. The molecule has 0 fully saturated rings. The van der Waals surface area contributed by atoms with Crippen molar-refractivity contribution in [1.82, 2.24) is 9.62 Å². The zero-order valence-electron chi connectivity index (χ0n) is 13.1. The number of likely N-dealkylation sites (N-methyl/N-ethyl adjacent to an activating group) is 1. The largest absolute Gasteiger partial charge is 0.379 e. The highest BCUT2D eigenvalue weighted by atomic mass is 32.2. The standard InChI is InChI=1S/C14H26N2O3S2/c1-4-13-7-8-14(20-13)21(17,18)15-9-11-19-12-10-16(5-2)6-3/h7-8,15H,4-6,9-12H2,1-3H3. The zero-order chi connectivity index (χ0) is 15.7. The van der Waals surface area contributed by atoms with Gasteiger partial charge in [-0.2, -0.15) is 0 Å². The van der Waals surface area contributed by atoms with Gasteiger partial charge >= 0.3 is 0 Å². The summed E-state index contributed by atoms with van der Waals surface area (Å²) in [5.41, 5.74) is 0. The van der Waals surface area contributed by atoms with Crippen LogP contribution in [0, 0.1) is 0 Å². The van der Waals surface area contributed by atoms with Crippen molar-refractivity contribution in [3.05, 3.63) is 17.0 Å². The van der Waals surface area contributed by atoms with Crippen LogP contribution in [0.2, 0.25) is 0 Å². The molecule has 122 valence electrons. The van der Waals surface area contributed by atoms with Crippen molar-refractivity contribution >= 4 is 21.4 Å². The van der Waals surface area contributed by atoms with E-state index in [0.29, 0.717) is 24.0 Å². The Kier molecular flexibility index (Phi) is 8.43. The van der Waals surface area contributed by atoms with Gasteiger partial charge < -0.3 is 9.64 Å². The van der Waals surface area contributed by atoms with E-state index in [9.17, 15) is 8.42 Å². The number of ether oxygens (including phenoxy) is 1. The lowest BCUT2D eigenvalue weighted by Gasteiger charge is -2.17. The highest BCUT2D eigenvalue weighted by Crippen LogP contribution is 2.21. The summed E-state index contributed by atoms with van der Waals surface area (Å²) in [5, 5.41) is 0. The smallest absolute Gasteiger partial charge is 0.250 e. The Hall–Kier alpha value is -0.470. The van der Waals surface area contributed by atoms with E-state index in [1.807, 2.05) is 13.0 Å². The van der Waals surface area contributed by atoms with Crippen molar-refractivity contribution in [2.75, 3.05) is 39.4 Å². The Balaban J connectivity index is 2.25. The monoisotopic (exact) mass is 334 g/mol. The van der Waals surface area contributed by atoms with Crippen LogP contribution in [0.4, 0.5) is 0 Å². The van der Waals surface area contributed by atoms with Crippen molar-refractivity contribution in [3.63, 3.8) is 0 Å². The molecule has 0 saturated carbocycles. The van der Waals surface area contributed by atoms with Gasteiger partial charge in [0.25, 0.3) is 0 Å². The summed E-state index contributed by atoms with van der Waals surface area (Å²) in [6.45, 7) is 10.5. The quantitative estimate of drug-likeness (QED) is 0.628. The van der Waals surface area contributed by atoms with Crippen LogP contribution in [0.1, 0.15) is 25.6 Å². The summed E-state index contributed by atoms with van der Waals surface area (Å²) in [6.07, 6.45) is 0.856. The molecule has 0 saturated heterocycles. The van der Waals surface area contributed by atoms with E-state index < -0.39 is 10.0 Å². The number of nitrogens with zero attached hydrogens (tertiary/aromatic N) is 1. The van der Waals surface area contributed by atoms with Gasteiger partial charge in [0.05, 0.1) is 13.2 Å². The van der Waals surface area contributed by atoms with Crippen LogP contribution in [-0.2, 0) is 21.2 Å². The van der Waals surface area contributed by atoms with E-state index in [4.69, 9.17) is 4.74 Å². The fraction of sp³-hybridized carbons (Fsp3) is 0.714. The van der Waals surface area contributed by atoms with E-state index in [1.165, 1.54) is 11.3 Å². The highest BCUT2D eigenvalue weighted by Gasteiger charge is 2.15. The molecular formula is C14H26N2O3S2. The molecule has 0 spiro atoms. The van der Waals surface area contributed by atoms with E-state index in [2.05, 4.69) is 23.5 Å². The molecule has 0 atom stereocenters. The third-order valence-corrected chi connectivity index (χ3v) is 6.42. The van der Waals surface area contributed by atoms with Crippen LogP contribution < -0.4 is 4.72 Å². The average molecular weight is 335 g/mol. The lowest BCUT2D eigenvalue weighted by Crippen LogP contribution is -2.30. The minimum Gasteiger partial charge on any atom is -0.379 e. The molecule has 0 aliphatic rings. The number of hydrogen-bond donors (Lipinski definition) is 1. The molecule has 0 bridgehead atoms. The molecule has 1 aromatic rings. The summed E-state index contributed by atoms with van der Waals surface area (Å²) in [6, 6.07) is 3.52. The van der Waals surface area contributed by atoms with Crippen LogP contribution in [0.15, 0.2) is 16.3 Å². The summed E-state index contributed by atoms with van der Waals surface area (Å²) in [5.74, 6) is 0. The highest BCUT2D eigenvalue weighted by molar-refractivity contribution is 7.91. The second-order valence-electron chi connectivity index (χ2n) is 4.61. The maximum atomic E-state index is 12.0. The number of sulfonamides is 1. The Morgan fingerprint density at radius 2 is 1.90 bits per heavy atom. The van der Waals surface area contributed by atoms with Crippen molar-refractivity contribution in [1.29, 1.82) is 0 Å². The molecule has 5 nitrogen and oxygen atoms in total. The number of aryl methyl sites for hydroxylation is 1. The van der Waals surface area contributed by atoms with E-state index >= 15 is 0 Å². The number of nitrogens with one attached hydrogen (secondary N) is 1. The Morgan fingerprint density at radius 3 is 2.48 bits per heavy atom. The van der Waals surface area contributed by atoms with Crippen LogP contribution >= 0.6 is 11.3 Å². The maximum Gasteiger partial charge on any atom is 0.250 e. The van der Waals surface area contributed by atoms with Gasteiger partial charge in [-0.1, -0.05) is 20.8 Å². The van der Waals surface area contributed by atoms with Gasteiger partial charge in [-0.15, -0.1) is 11.3 Å².